The Bertz CT molecular complexity index is 205. The molecular weight excluding hydrogens is 334 g/mol. The topological polar surface area (TPSA) is 17.1 Å². The fourth-order valence-electron chi connectivity index (χ4n) is 1.54. The average molecular weight is 357 g/mol. The van der Waals surface area contributed by atoms with E-state index in [2.05, 4.69) is 36.6 Å². The predicted octanol–water partition coefficient (Wildman–Crippen LogP) is -0.223. The fraction of sp³-hybridized carbons (Fsp3) is 0.750. The summed E-state index contributed by atoms with van der Waals surface area (Å²) in [6.45, 7) is 5.82. The first-order valence-electron chi connectivity index (χ1n) is 5.55. The van der Waals surface area contributed by atoms with Crippen molar-refractivity contribution in [2.24, 2.45) is 0 Å². The Morgan fingerprint density at radius 2 is 1.81 bits per heavy atom. The Hall–Kier alpha value is 0.330. The average Bonchev–Trinajstić information content (AvgIpc) is 2.21. The molecule has 0 aromatic heterocycles. The van der Waals surface area contributed by atoms with E-state index in [1.54, 1.807) is 0 Å². The monoisotopic (exact) mass is 355 g/mol. The van der Waals surface area contributed by atoms with Gasteiger partial charge in [0.05, 0.1) is 27.2 Å². The minimum Gasteiger partial charge on any atom is -1.00 e. The Balaban J connectivity index is 0. The summed E-state index contributed by atoms with van der Waals surface area (Å²) < 4.78 is 1.05. The number of hydrogen-bond acceptors (Lipinski definition) is 1. The molecule has 0 unspecified atom stereocenters. The number of quaternary nitrogens is 1. The molecule has 0 radical (unpaired) electrons. The van der Waals surface area contributed by atoms with Gasteiger partial charge in [-0.2, -0.15) is 0 Å². The predicted molar refractivity (Wildman–Crippen MR) is 69.3 cm³/mol. The zero-order valence-corrected chi connectivity index (χ0v) is 13.5. The molecule has 0 saturated heterocycles. The van der Waals surface area contributed by atoms with Crippen molar-refractivity contribution in [1.29, 1.82) is 0 Å². The van der Waals surface area contributed by atoms with Gasteiger partial charge in [-0.3, -0.25) is 4.79 Å². The number of unbranched alkanes of at least 4 members (excludes halogenated alkanes) is 1. The second kappa shape index (κ2) is 10.5. The Kier molecular flexibility index (Phi) is 12.2. The number of nitrogens with zero attached hydrogens (tertiary/aromatic N) is 1. The normalized spacial score (nSPS) is 10.7. The molecule has 0 heterocycles. The molecule has 96 valence electrons. The van der Waals surface area contributed by atoms with Crippen LogP contribution >= 0.6 is 15.9 Å². The minimum absolute atomic E-state index is 0. The van der Waals surface area contributed by atoms with E-state index in [0.29, 0.717) is 6.42 Å². The van der Waals surface area contributed by atoms with E-state index in [4.69, 9.17) is 0 Å². The molecule has 0 amide bonds. The van der Waals surface area contributed by atoms with Gasteiger partial charge in [-0.25, -0.2) is 0 Å². The van der Waals surface area contributed by atoms with Gasteiger partial charge < -0.3 is 21.5 Å². The highest BCUT2D eigenvalue weighted by Crippen LogP contribution is 2.06. The van der Waals surface area contributed by atoms with Crippen molar-refractivity contribution in [3.05, 3.63) is 12.7 Å². The molecule has 2 nitrogen and oxygen atoms in total. The maximum atomic E-state index is 11.0. The van der Waals surface area contributed by atoms with Crippen molar-refractivity contribution < 1.29 is 26.3 Å². The van der Waals surface area contributed by atoms with E-state index in [0.717, 1.165) is 29.2 Å². The van der Waals surface area contributed by atoms with Crippen molar-refractivity contribution in [3.63, 3.8) is 0 Å². The van der Waals surface area contributed by atoms with Gasteiger partial charge in [0.15, 0.2) is 5.78 Å². The quantitative estimate of drug-likeness (QED) is 0.241. The Labute approximate surface area is 119 Å². The van der Waals surface area contributed by atoms with Gasteiger partial charge in [0.1, 0.15) is 0 Å². The molecule has 0 aromatic carbocycles. The van der Waals surface area contributed by atoms with Gasteiger partial charge in [-0.1, -0.05) is 22.5 Å². The lowest BCUT2D eigenvalue weighted by Crippen LogP contribution is -3.00. The second-order valence-corrected chi connectivity index (χ2v) is 5.35. The fourth-order valence-corrected chi connectivity index (χ4v) is 1.79. The van der Waals surface area contributed by atoms with E-state index < -0.39 is 0 Å². The van der Waals surface area contributed by atoms with Crippen molar-refractivity contribution in [3.8, 4) is 0 Å². The number of carbonyl (C=O) groups is 1. The van der Waals surface area contributed by atoms with Crippen LogP contribution in [0.5, 0.6) is 0 Å². The van der Waals surface area contributed by atoms with Crippen molar-refractivity contribution in [2.45, 2.75) is 25.7 Å². The summed E-state index contributed by atoms with van der Waals surface area (Å²) in [6.07, 6.45) is 5.39. The number of hydrogen-bond donors (Lipinski definition) is 0. The number of alkyl halides is 1. The summed E-state index contributed by atoms with van der Waals surface area (Å²) in [7, 11) is 4.50. The summed E-state index contributed by atoms with van der Waals surface area (Å²) in [5.74, 6) is 0.167. The van der Waals surface area contributed by atoms with Gasteiger partial charge in [0.2, 0.25) is 0 Å². The van der Waals surface area contributed by atoms with Crippen LogP contribution in [0.4, 0.5) is 0 Å². The minimum atomic E-state index is 0. The molecule has 0 aromatic rings. The molecule has 0 aliphatic carbocycles. The number of halogens is 2. The first-order chi connectivity index (χ1) is 7.02. The van der Waals surface area contributed by atoms with Crippen LogP contribution in [0.2, 0.25) is 0 Å². The third-order valence-corrected chi connectivity index (χ3v) is 3.12. The van der Waals surface area contributed by atoms with E-state index >= 15 is 0 Å². The van der Waals surface area contributed by atoms with E-state index in [9.17, 15) is 4.79 Å². The largest absolute Gasteiger partial charge is 1.00 e. The maximum absolute atomic E-state index is 11.0. The molecule has 16 heavy (non-hydrogen) atoms. The lowest BCUT2D eigenvalue weighted by Gasteiger charge is -2.29. The standard InChI is InChI=1S/C12H23BrNO.BrH/c1-4-12(15)8-5-6-10-14(2,3)11-7-9-13;/h4H,1,5-11H2,2-3H3;1H/q+1;/p-1. The van der Waals surface area contributed by atoms with Crippen LogP contribution in [0.1, 0.15) is 25.7 Å². The third kappa shape index (κ3) is 10.8. The van der Waals surface area contributed by atoms with Gasteiger partial charge in [-0.05, 0) is 18.9 Å². The Morgan fingerprint density at radius 1 is 1.25 bits per heavy atom. The van der Waals surface area contributed by atoms with Gasteiger partial charge in [-0.15, -0.1) is 0 Å². The van der Waals surface area contributed by atoms with Crippen LogP contribution in [0, 0.1) is 0 Å². The van der Waals surface area contributed by atoms with Crippen molar-refractivity contribution in [2.75, 3.05) is 32.5 Å². The summed E-state index contributed by atoms with van der Waals surface area (Å²) >= 11 is 3.45. The Morgan fingerprint density at radius 3 is 2.31 bits per heavy atom. The highest BCUT2D eigenvalue weighted by Gasteiger charge is 2.13. The molecular formula is C12H23Br2NO. The van der Waals surface area contributed by atoms with Crippen LogP contribution in [0.15, 0.2) is 12.7 Å². The second-order valence-electron chi connectivity index (χ2n) is 4.55. The SMILES string of the molecule is C=CC(=O)CCCC[N+](C)(C)CCCBr.[Br-]. The zero-order chi connectivity index (χ0) is 11.7. The molecule has 4 heteroatoms. The summed E-state index contributed by atoms with van der Waals surface area (Å²) in [5, 5.41) is 1.07. The molecule has 0 rings (SSSR count). The van der Waals surface area contributed by atoms with Crippen LogP contribution in [-0.2, 0) is 4.79 Å². The van der Waals surface area contributed by atoms with Gasteiger partial charge >= 0.3 is 0 Å². The summed E-state index contributed by atoms with van der Waals surface area (Å²) in [6, 6.07) is 0. The molecule has 0 N–H and O–H groups in total. The lowest BCUT2D eigenvalue weighted by atomic mass is 10.1. The number of carbonyl (C=O) groups excluding carboxylic acids is 1. The molecule has 0 aliphatic heterocycles. The number of rotatable bonds is 9. The first-order valence-corrected chi connectivity index (χ1v) is 6.67. The van der Waals surface area contributed by atoms with Crippen molar-refractivity contribution >= 4 is 21.7 Å². The maximum Gasteiger partial charge on any atom is 0.155 e. The van der Waals surface area contributed by atoms with E-state index in [1.807, 2.05) is 0 Å². The highest BCUT2D eigenvalue weighted by molar-refractivity contribution is 9.09. The van der Waals surface area contributed by atoms with E-state index in [-0.39, 0.29) is 22.8 Å². The van der Waals surface area contributed by atoms with E-state index in [1.165, 1.54) is 19.0 Å². The summed E-state index contributed by atoms with van der Waals surface area (Å²) in [4.78, 5) is 11.0. The smallest absolute Gasteiger partial charge is 0.155 e. The molecule has 0 spiro atoms. The summed E-state index contributed by atoms with van der Waals surface area (Å²) in [5.41, 5.74) is 0. The molecule has 0 aliphatic rings. The van der Waals surface area contributed by atoms with Gasteiger partial charge in [0.25, 0.3) is 0 Å². The molecule has 0 fully saturated rings. The van der Waals surface area contributed by atoms with Crippen LogP contribution < -0.4 is 17.0 Å². The number of allylic oxidation sites excluding steroid dienone is 1. The van der Waals surface area contributed by atoms with Crippen LogP contribution in [0.25, 0.3) is 0 Å². The zero-order valence-electron chi connectivity index (χ0n) is 10.3. The van der Waals surface area contributed by atoms with Crippen LogP contribution in [-0.4, -0.2) is 42.8 Å². The third-order valence-electron chi connectivity index (χ3n) is 2.56. The van der Waals surface area contributed by atoms with Crippen LogP contribution in [0.3, 0.4) is 0 Å². The number of ketones is 1. The first kappa shape index (κ1) is 18.7. The molecule has 0 bridgehead atoms. The van der Waals surface area contributed by atoms with Crippen molar-refractivity contribution in [1.82, 2.24) is 0 Å². The lowest BCUT2D eigenvalue weighted by molar-refractivity contribution is -0.890. The highest BCUT2D eigenvalue weighted by atomic mass is 79.9. The molecule has 0 atom stereocenters. The molecule has 0 saturated carbocycles. The van der Waals surface area contributed by atoms with Gasteiger partial charge in [0, 0.05) is 18.2 Å².